The highest BCUT2D eigenvalue weighted by molar-refractivity contribution is 5.79. The molecule has 1 aromatic rings. The molecule has 3 N–H and O–H groups in total. The van der Waals surface area contributed by atoms with Crippen molar-refractivity contribution in [1.82, 2.24) is 5.32 Å². The van der Waals surface area contributed by atoms with Gasteiger partial charge in [0.1, 0.15) is 5.60 Å². The van der Waals surface area contributed by atoms with E-state index in [1.165, 1.54) is 0 Å². The average Bonchev–Trinajstić information content (AvgIpc) is 2.72. The van der Waals surface area contributed by atoms with Crippen LogP contribution in [0.3, 0.4) is 0 Å². The van der Waals surface area contributed by atoms with Crippen LogP contribution in [0.4, 0.5) is 0 Å². The Labute approximate surface area is 125 Å². The summed E-state index contributed by atoms with van der Waals surface area (Å²) in [5.74, 6) is 1.20. The smallest absolute Gasteiger partial charge is 0.234 e. The van der Waals surface area contributed by atoms with Crippen LogP contribution in [0.1, 0.15) is 32.8 Å². The summed E-state index contributed by atoms with van der Waals surface area (Å²) in [6, 6.07) is 5.56. The molecule has 0 saturated heterocycles. The fraction of sp³-hybridized carbons (Fsp3) is 0.562. The number of primary amides is 1. The van der Waals surface area contributed by atoms with Gasteiger partial charge in [0, 0.05) is 18.4 Å². The van der Waals surface area contributed by atoms with Gasteiger partial charge < -0.3 is 20.5 Å². The maximum Gasteiger partial charge on any atom is 0.234 e. The van der Waals surface area contributed by atoms with Gasteiger partial charge in [-0.1, -0.05) is 19.1 Å². The molecule has 5 heteroatoms. The first kappa shape index (κ1) is 15.6. The highest BCUT2D eigenvalue weighted by Crippen LogP contribution is 2.41. The van der Waals surface area contributed by atoms with Gasteiger partial charge >= 0.3 is 0 Å². The molecule has 0 saturated carbocycles. The van der Waals surface area contributed by atoms with Crippen LogP contribution in [0.15, 0.2) is 18.2 Å². The maximum atomic E-state index is 11.3. The summed E-state index contributed by atoms with van der Waals surface area (Å²) in [7, 11) is 0. The van der Waals surface area contributed by atoms with Crippen molar-refractivity contribution in [2.24, 2.45) is 5.73 Å². The third-order valence-corrected chi connectivity index (χ3v) is 3.51. The first-order valence-electron chi connectivity index (χ1n) is 7.39. The lowest BCUT2D eigenvalue weighted by Crippen LogP contribution is -2.42. The van der Waals surface area contributed by atoms with Crippen molar-refractivity contribution in [2.75, 3.05) is 13.2 Å². The molecule has 0 radical (unpaired) electrons. The van der Waals surface area contributed by atoms with Gasteiger partial charge in [-0.05, 0) is 26.5 Å². The van der Waals surface area contributed by atoms with E-state index in [0.29, 0.717) is 19.6 Å². The monoisotopic (exact) mass is 292 g/mol. The third kappa shape index (κ3) is 3.88. The lowest BCUT2D eigenvalue weighted by molar-refractivity contribution is -0.120. The molecular weight excluding hydrogens is 268 g/mol. The molecule has 1 aromatic carbocycles. The van der Waals surface area contributed by atoms with Crippen molar-refractivity contribution in [3.05, 3.63) is 23.8 Å². The Morgan fingerprint density at radius 2 is 2.29 bits per heavy atom. The average molecular weight is 292 g/mol. The summed E-state index contributed by atoms with van der Waals surface area (Å²) in [6.45, 7) is 7.18. The SMILES string of the molecule is CCNC(CCOc1cccc2c1OC(C)(C)C2)C(N)=O. The number of likely N-dealkylation sites (N-methyl/N-ethyl adjacent to an activating group) is 1. The van der Waals surface area contributed by atoms with E-state index in [0.717, 1.165) is 23.5 Å². The Morgan fingerprint density at radius 1 is 1.52 bits per heavy atom. The predicted octanol–water partition coefficient (Wildman–Crippen LogP) is 1.63. The van der Waals surface area contributed by atoms with Gasteiger partial charge in [0.05, 0.1) is 12.6 Å². The summed E-state index contributed by atoms with van der Waals surface area (Å²) < 4.78 is 11.7. The number of hydrogen-bond donors (Lipinski definition) is 2. The van der Waals surface area contributed by atoms with Crippen LogP contribution in [0.2, 0.25) is 0 Å². The molecule has 2 rings (SSSR count). The Hall–Kier alpha value is -1.75. The van der Waals surface area contributed by atoms with Crippen molar-refractivity contribution in [2.45, 2.75) is 45.3 Å². The number of hydrogen-bond acceptors (Lipinski definition) is 4. The van der Waals surface area contributed by atoms with Crippen LogP contribution in [-0.4, -0.2) is 30.7 Å². The number of fused-ring (bicyclic) bond motifs is 1. The number of rotatable bonds is 7. The van der Waals surface area contributed by atoms with Gasteiger partial charge in [-0.15, -0.1) is 0 Å². The number of benzene rings is 1. The van der Waals surface area contributed by atoms with Gasteiger partial charge in [-0.2, -0.15) is 0 Å². The van der Waals surface area contributed by atoms with Gasteiger partial charge in [0.15, 0.2) is 11.5 Å². The highest BCUT2D eigenvalue weighted by atomic mass is 16.5. The standard InChI is InChI=1S/C16H24N2O3/c1-4-18-12(15(17)19)8-9-20-13-7-5-6-11-10-16(2,3)21-14(11)13/h5-7,12,18H,4,8-10H2,1-3H3,(H2,17,19). The molecule has 1 aliphatic heterocycles. The molecule has 0 spiro atoms. The van der Waals surface area contributed by atoms with Crippen LogP contribution < -0.4 is 20.5 Å². The fourth-order valence-electron chi connectivity index (χ4n) is 2.58. The minimum absolute atomic E-state index is 0.193. The zero-order valence-corrected chi connectivity index (χ0v) is 12.9. The van der Waals surface area contributed by atoms with E-state index >= 15 is 0 Å². The molecule has 0 aromatic heterocycles. The first-order chi connectivity index (χ1) is 9.93. The Kier molecular flexibility index (Phi) is 4.73. The predicted molar refractivity (Wildman–Crippen MR) is 81.6 cm³/mol. The normalized spacial score (nSPS) is 16.9. The molecule has 1 aliphatic rings. The summed E-state index contributed by atoms with van der Waals surface area (Å²) in [6.07, 6.45) is 1.41. The molecule has 5 nitrogen and oxygen atoms in total. The molecule has 0 aliphatic carbocycles. The zero-order valence-electron chi connectivity index (χ0n) is 12.9. The van der Waals surface area contributed by atoms with Crippen LogP contribution in [0, 0.1) is 0 Å². The van der Waals surface area contributed by atoms with Gasteiger partial charge in [0.25, 0.3) is 0 Å². The lowest BCUT2D eigenvalue weighted by atomic mass is 10.0. The van der Waals surface area contributed by atoms with Crippen LogP contribution >= 0.6 is 0 Å². The quantitative estimate of drug-likeness (QED) is 0.801. The summed E-state index contributed by atoms with van der Waals surface area (Å²) >= 11 is 0. The zero-order chi connectivity index (χ0) is 15.5. The number of ether oxygens (including phenoxy) is 2. The molecule has 1 heterocycles. The maximum absolute atomic E-state index is 11.3. The van der Waals surface area contributed by atoms with Crippen LogP contribution in [0.25, 0.3) is 0 Å². The number of nitrogens with two attached hydrogens (primary N) is 1. The van der Waals surface area contributed by atoms with Crippen molar-refractivity contribution < 1.29 is 14.3 Å². The second kappa shape index (κ2) is 6.35. The van der Waals surface area contributed by atoms with E-state index in [2.05, 4.69) is 25.2 Å². The molecule has 116 valence electrons. The summed E-state index contributed by atoms with van der Waals surface area (Å²) in [5, 5.41) is 3.05. The topological polar surface area (TPSA) is 73.6 Å². The molecule has 1 atom stereocenters. The second-order valence-corrected chi connectivity index (χ2v) is 5.93. The van der Waals surface area contributed by atoms with E-state index in [1.54, 1.807) is 0 Å². The number of amides is 1. The van der Waals surface area contributed by atoms with Gasteiger partial charge in [-0.25, -0.2) is 0 Å². The van der Waals surface area contributed by atoms with Crippen LogP contribution in [-0.2, 0) is 11.2 Å². The number of nitrogens with one attached hydrogen (secondary N) is 1. The Balaban J connectivity index is 1.96. The van der Waals surface area contributed by atoms with E-state index in [4.69, 9.17) is 15.2 Å². The Bertz CT molecular complexity index is 514. The highest BCUT2D eigenvalue weighted by Gasteiger charge is 2.32. The van der Waals surface area contributed by atoms with E-state index in [9.17, 15) is 4.79 Å². The van der Waals surface area contributed by atoms with E-state index < -0.39 is 0 Å². The second-order valence-electron chi connectivity index (χ2n) is 5.93. The number of para-hydroxylation sites is 1. The van der Waals surface area contributed by atoms with Crippen molar-refractivity contribution in [1.29, 1.82) is 0 Å². The van der Waals surface area contributed by atoms with Crippen molar-refractivity contribution in [3.63, 3.8) is 0 Å². The first-order valence-corrected chi connectivity index (χ1v) is 7.39. The third-order valence-electron chi connectivity index (χ3n) is 3.51. The number of carbonyl (C=O) groups excluding carboxylic acids is 1. The Morgan fingerprint density at radius 3 is 2.95 bits per heavy atom. The van der Waals surface area contributed by atoms with E-state index in [-0.39, 0.29) is 17.6 Å². The summed E-state index contributed by atoms with van der Waals surface area (Å²) in [5.41, 5.74) is 6.32. The molecule has 1 amide bonds. The van der Waals surface area contributed by atoms with Gasteiger partial charge in [-0.3, -0.25) is 4.79 Å². The lowest BCUT2D eigenvalue weighted by Gasteiger charge is -2.19. The van der Waals surface area contributed by atoms with Gasteiger partial charge in [0.2, 0.25) is 5.91 Å². The molecule has 1 unspecified atom stereocenters. The largest absolute Gasteiger partial charge is 0.490 e. The van der Waals surface area contributed by atoms with E-state index in [1.807, 2.05) is 19.1 Å². The number of carbonyl (C=O) groups is 1. The summed E-state index contributed by atoms with van der Waals surface area (Å²) in [4.78, 5) is 11.3. The molecule has 21 heavy (non-hydrogen) atoms. The minimum atomic E-state index is -0.357. The molecule has 0 fully saturated rings. The van der Waals surface area contributed by atoms with Crippen molar-refractivity contribution in [3.8, 4) is 11.5 Å². The molecule has 0 bridgehead atoms. The van der Waals surface area contributed by atoms with Crippen molar-refractivity contribution >= 4 is 5.91 Å². The molecular formula is C16H24N2O3. The minimum Gasteiger partial charge on any atom is -0.490 e. The van der Waals surface area contributed by atoms with Crippen LogP contribution in [0.5, 0.6) is 11.5 Å². The fourth-order valence-corrected chi connectivity index (χ4v) is 2.58.